The Morgan fingerprint density at radius 3 is 2.71 bits per heavy atom. The minimum Gasteiger partial charge on any atom is -0.342 e. The van der Waals surface area contributed by atoms with Gasteiger partial charge in [0.05, 0.1) is 23.7 Å². The van der Waals surface area contributed by atoms with Crippen LogP contribution in [0.4, 0.5) is 4.79 Å². The fraction of sp³-hybridized carbons (Fsp3) is 0.375. The third-order valence-electron chi connectivity index (χ3n) is 6.63. The highest BCUT2D eigenvalue weighted by Crippen LogP contribution is 2.41. The molecule has 5 rings (SSSR count). The molecule has 2 aliphatic rings. The van der Waals surface area contributed by atoms with Gasteiger partial charge in [0.2, 0.25) is 5.91 Å². The summed E-state index contributed by atoms with van der Waals surface area (Å²) in [6.07, 6.45) is 4.81. The number of imide groups is 1. The third-order valence-corrected chi connectivity index (χ3v) is 8.18. The Kier molecular flexibility index (Phi) is 6.18. The molecule has 2 aliphatic heterocycles. The molecule has 3 aromatic heterocycles. The van der Waals surface area contributed by atoms with Gasteiger partial charge in [-0.15, -0.1) is 11.3 Å². The number of thiazole rings is 1. The molecule has 1 N–H and O–H groups in total. The van der Waals surface area contributed by atoms with Crippen LogP contribution in [-0.4, -0.2) is 50.7 Å². The van der Waals surface area contributed by atoms with E-state index < -0.39 is 11.6 Å². The fourth-order valence-corrected chi connectivity index (χ4v) is 6.20. The van der Waals surface area contributed by atoms with E-state index >= 15 is 0 Å². The molecular weight excluding hydrogens is 470 g/mol. The minimum atomic E-state index is -1.18. The average molecular weight is 496 g/mol. The molecule has 0 radical (unpaired) electrons. The Morgan fingerprint density at radius 2 is 2.06 bits per heavy atom. The molecule has 0 saturated carbocycles. The molecule has 176 valence electrons. The van der Waals surface area contributed by atoms with Crippen molar-refractivity contribution < 1.29 is 14.4 Å². The van der Waals surface area contributed by atoms with Gasteiger partial charge in [0, 0.05) is 36.4 Å². The second-order valence-electron chi connectivity index (χ2n) is 8.69. The van der Waals surface area contributed by atoms with Crippen LogP contribution in [0.5, 0.6) is 0 Å². The smallest absolute Gasteiger partial charge is 0.325 e. The number of carbonyl (C=O) groups is 3. The number of rotatable bonds is 6. The molecule has 8 nitrogen and oxygen atoms in total. The van der Waals surface area contributed by atoms with Crippen LogP contribution in [0.2, 0.25) is 0 Å². The van der Waals surface area contributed by atoms with E-state index in [-0.39, 0.29) is 30.7 Å². The topological polar surface area (TPSA) is 95.5 Å². The molecule has 0 bridgehead atoms. The number of thiophene rings is 1. The van der Waals surface area contributed by atoms with Crippen LogP contribution in [0, 0.1) is 12.8 Å². The van der Waals surface area contributed by atoms with E-state index in [1.165, 1.54) is 27.6 Å². The lowest BCUT2D eigenvalue weighted by Gasteiger charge is -2.41. The van der Waals surface area contributed by atoms with Gasteiger partial charge >= 0.3 is 6.03 Å². The maximum Gasteiger partial charge on any atom is 0.325 e. The predicted octanol–water partition coefficient (Wildman–Crippen LogP) is 3.34. The number of hydrogen-bond acceptors (Lipinski definition) is 7. The molecule has 4 amide bonds. The van der Waals surface area contributed by atoms with Gasteiger partial charge < -0.3 is 10.2 Å². The maximum atomic E-state index is 13.9. The molecule has 0 aliphatic carbocycles. The minimum absolute atomic E-state index is 0.0417. The Labute approximate surface area is 205 Å². The first-order chi connectivity index (χ1) is 16.5. The summed E-state index contributed by atoms with van der Waals surface area (Å²) >= 11 is 3.07. The van der Waals surface area contributed by atoms with Crippen molar-refractivity contribution in [2.45, 2.75) is 38.3 Å². The molecule has 1 unspecified atom stereocenters. The van der Waals surface area contributed by atoms with Crippen LogP contribution in [0.25, 0.3) is 0 Å². The van der Waals surface area contributed by atoms with Gasteiger partial charge in [0.15, 0.2) is 5.54 Å². The second kappa shape index (κ2) is 9.27. The molecule has 0 aromatic carbocycles. The molecule has 10 heteroatoms. The Bertz CT molecular complexity index is 1190. The SMILES string of the molecule is Cc1nc(CC(=O)N2CCC(C3(c4cccnc4)NC(=O)N(Cc4ccsc4)C3=O)CC2)cs1. The number of piperidine rings is 1. The summed E-state index contributed by atoms with van der Waals surface area (Å²) in [6, 6.07) is 5.16. The van der Waals surface area contributed by atoms with Gasteiger partial charge in [-0.25, -0.2) is 9.78 Å². The zero-order valence-electron chi connectivity index (χ0n) is 18.8. The summed E-state index contributed by atoms with van der Waals surface area (Å²) in [5, 5.41) is 9.79. The molecule has 0 spiro atoms. The number of aryl methyl sites for hydroxylation is 1. The zero-order chi connectivity index (χ0) is 23.7. The van der Waals surface area contributed by atoms with E-state index in [2.05, 4.69) is 15.3 Å². The predicted molar refractivity (Wildman–Crippen MR) is 129 cm³/mol. The standard InChI is InChI=1S/C24H25N5O3S2/c1-16-26-20(15-34-16)11-21(30)28-8-4-18(5-9-28)24(19-3-2-7-25-12-19)22(31)29(23(32)27-24)13-17-6-10-33-14-17/h2-3,6-7,10,12,14-15,18H,4-5,8-9,11,13H2,1H3,(H,27,32). The molecule has 2 fully saturated rings. The number of carbonyl (C=O) groups excluding carboxylic acids is 3. The van der Waals surface area contributed by atoms with Crippen molar-refractivity contribution in [3.05, 3.63) is 68.6 Å². The first-order valence-corrected chi connectivity index (χ1v) is 13.0. The van der Waals surface area contributed by atoms with Crippen LogP contribution in [0.3, 0.4) is 0 Å². The highest BCUT2D eigenvalue weighted by Gasteiger charge is 2.57. The second-order valence-corrected chi connectivity index (χ2v) is 10.5. The van der Waals surface area contributed by atoms with E-state index in [1.54, 1.807) is 18.5 Å². The van der Waals surface area contributed by atoms with Crippen molar-refractivity contribution in [2.24, 2.45) is 5.92 Å². The van der Waals surface area contributed by atoms with Crippen molar-refractivity contribution in [1.29, 1.82) is 0 Å². The summed E-state index contributed by atoms with van der Waals surface area (Å²) in [4.78, 5) is 51.5. The molecule has 34 heavy (non-hydrogen) atoms. The lowest BCUT2D eigenvalue weighted by Crippen LogP contribution is -2.54. The highest BCUT2D eigenvalue weighted by molar-refractivity contribution is 7.09. The van der Waals surface area contributed by atoms with E-state index in [0.29, 0.717) is 31.5 Å². The number of hydrogen-bond donors (Lipinski definition) is 1. The molecule has 5 heterocycles. The normalized spacial score (nSPS) is 21.2. The van der Waals surface area contributed by atoms with Crippen molar-refractivity contribution >= 4 is 40.5 Å². The van der Waals surface area contributed by atoms with Crippen LogP contribution in [0.15, 0.2) is 46.7 Å². The number of aromatic nitrogens is 2. The number of pyridine rings is 1. The zero-order valence-corrected chi connectivity index (χ0v) is 20.4. The number of nitrogens with zero attached hydrogens (tertiary/aromatic N) is 4. The quantitative estimate of drug-likeness (QED) is 0.529. The Hall–Kier alpha value is -3.11. The van der Waals surface area contributed by atoms with Crippen LogP contribution < -0.4 is 5.32 Å². The van der Waals surface area contributed by atoms with Gasteiger partial charge in [0.1, 0.15) is 0 Å². The van der Waals surface area contributed by atoms with Crippen LogP contribution in [0.1, 0.15) is 34.7 Å². The van der Waals surface area contributed by atoms with Crippen molar-refractivity contribution in [2.75, 3.05) is 13.1 Å². The molecular formula is C24H25N5O3S2. The van der Waals surface area contributed by atoms with Gasteiger partial charge in [-0.3, -0.25) is 19.5 Å². The Balaban J connectivity index is 1.36. The Morgan fingerprint density at radius 1 is 1.24 bits per heavy atom. The van der Waals surface area contributed by atoms with Crippen molar-refractivity contribution in [1.82, 2.24) is 25.1 Å². The number of likely N-dealkylation sites (tertiary alicyclic amines) is 1. The fourth-order valence-electron chi connectivity index (χ4n) is 4.93. The highest BCUT2D eigenvalue weighted by atomic mass is 32.1. The van der Waals surface area contributed by atoms with E-state index in [4.69, 9.17) is 0 Å². The lowest BCUT2D eigenvalue weighted by molar-refractivity contribution is -0.136. The monoisotopic (exact) mass is 495 g/mol. The molecule has 2 saturated heterocycles. The summed E-state index contributed by atoms with van der Waals surface area (Å²) in [5.74, 6) is -0.356. The molecule has 1 atom stereocenters. The average Bonchev–Trinajstić information content (AvgIpc) is 3.57. The van der Waals surface area contributed by atoms with Crippen molar-refractivity contribution in [3.8, 4) is 0 Å². The van der Waals surface area contributed by atoms with Gasteiger partial charge in [-0.05, 0) is 54.1 Å². The lowest BCUT2D eigenvalue weighted by atomic mass is 9.73. The van der Waals surface area contributed by atoms with E-state index in [1.807, 2.05) is 40.1 Å². The molecule has 3 aromatic rings. The van der Waals surface area contributed by atoms with E-state index in [0.717, 1.165) is 16.3 Å². The first-order valence-electron chi connectivity index (χ1n) is 11.2. The van der Waals surface area contributed by atoms with E-state index in [9.17, 15) is 14.4 Å². The van der Waals surface area contributed by atoms with Crippen molar-refractivity contribution in [3.63, 3.8) is 0 Å². The summed E-state index contributed by atoms with van der Waals surface area (Å²) in [7, 11) is 0. The number of urea groups is 1. The number of amides is 4. The maximum absolute atomic E-state index is 13.9. The first kappa shape index (κ1) is 22.7. The van der Waals surface area contributed by atoms with Gasteiger partial charge in [-0.1, -0.05) is 6.07 Å². The third kappa shape index (κ3) is 4.12. The van der Waals surface area contributed by atoms with Gasteiger partial charge in [-0.2, -0.15) is 11.3 Å². The van der Waals surface area contributed by atoms with Crippen LogP contribution >= 0.6 is 22.7 Å². The summed E-state index contributed by atoms with van der Waals surface area (Å²) in [5.41, 5.74) is 1.23. The summed E-state index contributed by atoms with van der Waals surface area (Å²) in [6.45, 7) is 3.22. The summed E-state index contributed by atoms with van der Waals surface area (Å²) < 4.78 is 0. The van der Waals surface area contributed by atoms with Crippen LogP contribution in [-0.2, 0) is 28.1 Å². The number of nitrogens with one attached hydrogen (secondary N) is 1. The van der Waals surface area contributed by atoms with Gasteiger partial charge in [0.25, 0.3) is 5.91 Å². The largest absolute Gasteiger partial charge is 0.342 e.